The molecule has 27 heavy (non-hydrogen) atoms. The van der Waals surface area contributed by atoms with Crippen LogP contribution < -0.4 is 10.2 Å². The summed E-state index contributed by atoms with van der Waals surface area (Å²) in [6.07, 6.45) is 2.42. The fourth-order valence-electron chi connectivity index (χ4n) is 3.33. The van der Waals surface area contributed by atoms with Crippen molar-refractivity contribution in [1.82, 2.24) is 15.5 Å². The molecule has 1 atom stereocenters. The number of anilines is 1. The molecule has 7 nitrogen and oxygen atoms in total. The Morgan fingerprint density at radius 3 is 2.70 bits per heavy atom. The summed E-state index contributed by atoms with van der Waals surface area (Å²) in [6, 6.07) is 7.97. The molecule has 2 fully saturated rings. The highest BCUT2D eigenvalue weighted by molar-refractivity contribution is 6.00. The van der Waals surface area contributed by atoms with Crippen LogP contribution in [0.5, 0.6) is 0 Å². The van der Waals surface area contributed by atoms with Crippen molar-refractivity contribution in [3.63, 3.8) is 0 Å². The molecule has 7 heteroatoms. The summed E-state index contributed by atoms with van der Waals surface area (Å²) in [7, 11) is 0. The molecule has 1 aromatic carbocycles. The normalized spacial score (nSPS) is 19.7. The molecule has 1 saturated heterocycles. The zero-order chi connectivity index (χ0) is 19.0. The minimum absolute atomic E-state index is 0.0266. The van der Waals surface area contributed by atoms with Gasteiger partial charge < -0.3 is 14.7 Å². The van der Waals surface area contributed by atoms with E-state index in [9.17, 15) is 9.59 Å². The molecule has 0 bridgehead atoms. The Balaban J connectivity index is 1.34. The monoisotopic (exact) mass is 368 g/mol. The van der Waals surface area contributed by atoms with Crippen molar-refractivity contribution >= 4 is 17.5 Å². The van der Waals surface area contributed by atoms with E-state index in [0.29, 0.717) is 24.3 Å². The number of benzene rings is 1. The summed E-state index contributed by atoms with van der Waals surface area (Å²) >= 11 is 0. The van der Waals surface area contributed by atoms with Gasteiger partial charge in [0.2, 0.25) is 17.7 Å². The Bertz CT molecular complexity index is 839. The van der Waals surface area contributed by atoms with Gasteiger partial charge in [-0.05, 0) is 36.5 Å². The lowest BCUT2D eigenvalue weighted by molar-refractivity contribution is -0.126. The van der Waals surface area contributed by atoms with E-state index in [4.69, 9.17) is 4.52 Å². The van der Waals surface area contributed by atoms with E-state index in [1.165, 1.54) is 5.56 Å². The summed E-state index contributed by atoms with van der Waals surface area (Å²) in [6.45, 7) is 4.86. The Hall–Kier alpha value is -2.70. The predicted molar refractivity (Wildman–Crippen MR) is 99.1 cm³/mol. The van der Waals surface area contributed by atoms with Gasteiger partial charge in [0.1, 0.15) is 0 Å². The van der Waals surface area contributed by atoms with Crippen LogP contribution in [0.25, 0.3) is 0 Å². The number of aromatic nitrogens is 2. The van der Waals surface area contributed by atoms with Gasteiger partial charge in [0.25, 0.3) is 0 Å². The van der Waals surface area contributed by atoms with Crippen LogP contribution in [0, 0.1) is 5.92 Å². The maximum atomic E-state index is 12.5. The van der Waals surface area contributed by atoms with Gasteiger partial charge in [0.15, 0.2) is 5.82 Å². The molecule has 2 amide bonds. The SMILES string of the molecule is CC(C)c1ccc(N2C[C@H](C(=O)NCc3nc(C4CC4)no3)CC2=O)cc1. The summed E-state index contributed by atoms with van der Waals surface area (Å²) in [5.41, 5.74) is 2.07. The van der Waals surface area contributed by atoms with Crippen molar-refractivity contribution in [2.24, 2.45) is 5.92 Å². The minimum atomic E-state index is -0.368. The van der Waals surface area contributed by atoms with Gasteiger partial charge in [-0.3, -0.25) is 9.59 Å². The summed E-state index contributed by atoms with van der Waals surface area (Å²) in [4.78, 5) is 30.8. The van der Waals surface area contributed by atoms with E-state index in [1.807, 2.05) is 24.3 Å². The molecule has 1 aromatic heterocycles. The van der Waals surface area contributed by atoms with Gasteiger partial charge in [-0.25, -0.2) is 0 Å². The Kier molecular flexibility index (Phi) is 4.68. The van der Waals surface area contributed by atoms with Crippen LogP contribution >= 0.6 is 0 Å². The molecule has 0 unspecified atom stereocenters. The number of carbonyl (C=O) groups excluding carboxylic acids is 2. The molecule has 142 valence electrons. The number of nitrogens with one attached hydrogen (secondary N) is 1. The van der Waals surface area contributed by atoms with E-state index in [2.05, 4.69) is 29.3 Å². The molecule has 1 saturated carbocycles. The van der Waals surface area contributed by atoms with Crippen LogP contribution in [0.4, 0.5) is 5.69 Å². The number of rotatable bonds is 6. The van der Waals surface area contributed by atoms with Crippen molar-refractivity contribution in [3.8, 4) is 0 Å². The molecular weight excluding hydrogens is 344 g/mol. The predicted octanol–water partition coefficient (Wildman–Crippen LogP) is 2.74. The van der Waals surface area contributed by atoms with E-state index in [-0.39, 0.29) is 30.7 Å². The number of hydrogen-bond donors (Lipinski definition) is 1. The molecule has 2 heterocycles. The lowest BCUT2D eigenvalue weighted by Gasteiger charge is -2.17. The summed E-state index contributed by atoms with van der Waals surface area (Å²) in [5, 5.41) is 6.75. The standard InChI is InChI=1S/C20H24N4O3/c1-12(2)13-5-7-16(8-6-13)24-11-15(9-18(24)25)20(26)21-10-17-22-19(23-27-17)14-3-4-14/h5-8,12,14-15H,3-4,9-11H2,1-2H3,(H,21,26)/t15-/m1/s1. The number of nitrogens with zero attached hydrogens (tertiary/aromatic N) is 3. The van der Waals surface area contributed by atoms with E-state index >= 15 is 0 Å². The zero-order valence-electron chi connectivity index (χ0n) is 15.6. The highest BCUT2D eigenvalue weighted by atomic mass is 16.5. The van der Waals surface area contributed by atoms with E-state index in [0.717, 1.165) is 24.4 Å². The zero-order valence-corrected chi connectivity index (χ0v) is 15.6. The summed E-state index contributed by atoms with van der Waals surface area (Å²) in [5.74, 6) is 1.45. The molecule has 0 radical (unpaired) electrons. The topological polar surface area (TPSA) is 88.3 Å². The third-order valence-electron chi connectivity index (χ3n) is 5.21. The Morgan fingerprint density at radius 1 is 1.30 bits per heavy atom. The Labute approximate surface area is 158 Å². The molecule has 1 aliphatic heterocycles. The third-order valence-corrected chi connectivity index (χ3v) is 5.21. The van der Waals surface area contributed by atoms with Crippen LogP contribution in [-0.4, -0.2) is 28.5 Å². The third kappa shape index (κ3) is 3.86. The van der Waals surface area contributed by atoms with Crippen LogP contribution in [0.15, 0.2) is 28.8 Å². The first kappa shape index (κ1) is 17.7. The molecule has 1 aliphatic carbocycles. The second-order valence-corrected chi connectivity index (χ2v) is 7.69. The van der Waals surface area contributed by atoms with Crippen LogP contribution in [0.3, 0.4) is 0 Å². The average molecular weight is 368 g/mol. The van der Waals surface area contributed by atoms with Gasteiger partial charge in [0, 0.05) is 24.6 Å². The quantitative estimate of drug-likeness (QED) is 0.847. The smallest absolute Gasteiger partial charge is 0.246 e. The van der Waals surface area contributed by atoms with Crippen molar-refractivity contribution in [3.05, 3.63) is 41.5 Å². The number of amides is 2. The first-order valence-corrected chi connectivity index (χ1v) is 9.51. The number of hydrogen-bond acceptors (Lipinski definition) is 5. The van der Waals surface area contributed by atoms with Gasteiger partial charge in [-0.1, -0.05) is 31.1 Å². The fourth-order valence-corrected chi connectivity index (χ4v) is 3.33. The largest absolute Gasteiger partial charge is 0.347 e. The van der Waals surface area contributed by atoms with E-state index < -0.39 is 0 Å². The van der Waals surface area contributed by atoms with Crippen LogP contribution in [-0.2, 0) is 16.1 Å². The first-order chi connectivity index (χ1) is 13.0. The van der Waals surface area contributed by atoms with E-state index in [1.54, 1.807) is 4.90 Å². The first-order valence-electron chi connectivity index (χ1n) is 9.51. The highest BCUT2D eigenvalue weighted by Gasteiger charge is 2.35. The van der Waals surface area contributed by atoms with Gasteiger partial charge >= 0.3 is 0 Å². The maximum absolute atomic E-state index is 12.5. The van der Waals surface area contributed by atoms with Crippen molar-refractivity contribution in [2.75, 3.05) is 11.4 Å². The lowest BCUT2D eigenvalue weighted by atomic mass is 10.0. The lowest BCUT2D eigenvalue weighted by Crippen LogP contribution is -2.32. The molecule has 2 aliphatic rings. The molecule has 2 aromatic rings. The maximum Gasteiger partial charge on any atom is 0.246 e. The molecular formula is C20H24N4O3. The second-order valence-electron chi connectivity index (χ2n) is 7.69. The molecule has 0 spiro atoms. The van der Waals surface area contributed by atoms with Gasteiger partial charge in [-0.2, -0.15) is 4.98 Å². The fraction of sp³-hybridized carbons (Fsp3) is 0.500. The van der Waals surface area contributed by atoms with Crippen molar-refractivity contribution in [1.29, 1.82) is 0 Å². The second kappa shape index (κ2) is 7.13. The Morgan fingerprint density at radius 2 is 2.04 bits per heavy atom. The van der Waals surface area contributed by atoms with Crippen molar-refractivity contribution < 1.29 is 14.1 Å². The van der Waals surface area contributed by atoms with Crippen molar-refractivity contribution in [2.45, 2.75) is 51.5 Å². The van der Waals surface area contributed by atoms with Gasteiger partial charge in [-0.15, -0.1) is 0 Å². The summed E-state index contributed by atoms with van der Waals surface area (Å²) < 4.78 is 5.17. The molecule has 4 rings (SSSR count). The van der Waals surface area contributed by atoms with Crippen LogP contribution in [0.2, 0.25) is 0 Å². The van der Waals surface area contributed by atoms with Crippen LogP contribution in [0.1, 0.15) is 62.2 Å². The van der Waals surface area contributed by atoms with Gasteiger partial charge in [0.05, 0.1) is 12.5 Å². The average Bonchev–Trinajstić information content (AvgIpc) is 3.28. The number of carbonyl (C=O) groups is 2. The minimum Gasteiger partial charge on any atom is -0.347 e. The highest BCUT2D eigenvalue weighted by Crippen LogP contribution is 2.38. The molecule has 1 N–H and O–H groups in total.